The van der Waals surface area contributed by atoms with Gasteiger partial charge >= 0.3 is 6.09 Å². The van der Waals surface area contributed by atoms with Crippen molar-refractivity contribution in [3.8, 4) is 0 Å². The van der Waals surface area contributed by atoms with Crippen LogP contribution in [-0.4, -0.2) is 73.4 Å². The zero-order chi connectivity index (χ0) is 27.5. The number of fused-ring (bicyclic) bond motifs is 1. The molecule has 0 bridgehead atoms. The molecule has 2 aliphatic heterocycles. The van der Waals surface area contributed by atoms with E-state index in [0.717, 1.165) is 29.7 Å². The fourth-order valence-electron chi connectivity index (χ4n) is 4.64. The first-order valence-corrected chi connectivity index (χ1v) is 14.8. The summed E-state index contributed by atoms with van der Waals surface area (Å²) in [5, 5.41) is 3.71. The molecule has 1 N–H and O–H groups in total. The van der Waals surface area contributed by atoms with Crippen LogP contribution in [0.2, 0.25) is 5.15 Å². The van der Waals surface area contributed by atoms with Gasteiger partial charge < -0.3 is 19.9 Å². The number of para-hydroxylation sites is 1. The van der Waals surface area contributed by atoms with Gasteiger partial charge in [-0.05, 0) is 57.4 Å². The van der Waals surface area contributed by atoms with Crippen LogP contribution in [0.3, 0.4) is 0 Å². The summed E-state index contributed by atoms with van der Waals surface area (Å²) in [6, 6.07) is 11.1. The second-order valence-corrected chi connectivity index (χ2v) is 13.1. The van der Waals surface area contributed by atoms with Crippen molar-refractivity contribution in [3.05, 3.63) is 65.1 Å². The Morgan fingerprint density at radius 2 is 1.89 bits per heavy atom. The highest BCUT2D eigenvalue weighted by Crippen LogP contribution is 2.30. The van der Waals surface area contributed by atoms with Crippen LogP contribution in [0.15, 0.2) is 48.8 Å². The standard InChI is InChI=1S/C27H36ClN5O4S/c1-27(2,3)37-26(34)32-13-10-22(11-14-32)33-18-20-17-30-25(28)16-23(20)24(19-33)29-12-15-38(35,36)31(4)21-8-6-5-7-9-21/h5-9,16-17,19,22,29H,10-15,18H2,1-4H3. The zero-order valence-corrected chi connectivity index (χ0v) is 23.9. The van der Waals surface area contributed by atoms with Crippen molar-refractivity contribution < 1.29 is 17.9 Å². The quantitative estimate of drug-likeness (QED) is 0.503. The summed E-state index contributed by atoms with van der Waals surface area (Å²) >= 11 is 6.20. The van der Waals surface area contributed by atoms with E-state index in [1.54, 1.807) is 30.3 Å². The minimum atomic E-state index is -3.52. The van der Waals surface area contributed by atoms with E-state index in [2.05, 4.69) is 15.2 Å². The molecule has 38 heavy (non-hydrogen) atoms. The molecule has 1 aromatic carbocycles. The fourth-order valence-corrected chi connectivity index (χ4v) is 5.88. The Morgan fingerprint density at radius 3 is 2.55 bits per heavy atom. The van der Waals surface area contributed by atoms with Crippen molar-refractivity contribution in [1.82, 2.24) is 20.1 Å². The van der Waals surface area contributed by atoms with E-state index in [9.17, 15) is 13.2 Å². The molecular formula is C27H36ClN5O4S. The average Bonchev–Trinajstić information content (AvgIpc) is 2.88. The number of anilines is 1. The third-order valence-electron chi connectivity index (χ3n) is 6.69. The molecule has 0 spiro atoms. The molecule has 11 heteroatoms. The molecule has 1 aromatic heterocycles. The van der Waals surface area contributed by atoms with Gasteiger partial charge in [-0.2, -0.15) is 0 Å². The maximum absolute atomic E-state index is 12.9. The summed E-state index contributed by atoms with van der Waals surface area (Å²) < 4.78 is 32.7. The normalized spacial score (nSPS) is 16.5. The van der Waals surface area contributed by atoms with Gasteiger partial charge in [-0.15, -0.1) is 0 Å². The molecule has 2 aliphatic rings. The van der Waals surface area contributed by atoms with Crippen molar-refractivity contribution >= 4 is 39.1 Å². The predicted molar refractivity (Wildman–Crippen MR) is 150 cm³/mol. The largest absolute Gasteiger partial charge is 0.444 e. The first-order chi connectivity index (χ1) is 17.9. The maximum atomic E-state index is 12.9. The van der Waals surface area contributed by atoms with Crippen LogP contribution >= 0.6 is 11.6 Å². The number of aromatic nitrogens is 1. The maximum Gasteiger partial charge on any atom is 0.410 e. The highest BCUT2D eigenvalue weighted by Gasteiger charge is 2.31. The Kier molecular flexibility index (Phi) is 8.42. The molecule has 0 atom stereocenters. The molecular weight excluding hydrogens is 526 g/mol. The number of hydrogen-bond donors (Lipinski definition) is 1. The fraction of sp³-hybridized carbons (Fsp3) is 0.481. The van der Waals surface area contributed by atoms with Gasteiger partial charge in [-0.3, -0.25) is 4.31 Å². The summed E-state index contributed by atoms with van der Waals surface area (Å²) in [5.41, 5.74) is 2.84. The highest BCUT2D eigenvalue weighted by atomic mass is 35.5. The third-order valence-corrected chi connectivity index (χ3v) is 8.66. The van der Waals surface area contributed by atoms with Crippen molar-refractivity contribution in [2.75, 3.05) is 36.7 Å². The second-order valence-electron chi connectivity index (χ2n) is 10.6. The van der Waals surface area contributed by atoms with Gasteiger partial charge in [-0.1, -0.05) is 29.8 Å². The molecule has 0 radical (unpaired) electrons. The molecule has 0 unspecified atom stereocenters. The van der Waals surface area contributed by atoms with Gasteiger partial charge in [0.2, 0.25) is 10.0 Å². The Bertz CT molecular complexity index is 1270. The van der Waals surface area contributed by atoms with Crippen LogP contribution in [0.25, 0.3) is 5.70 Å². The van der Waals surface area contributed by atoms with Gasteiger partial charge in [-0.25, -0.2) is 18.2 Å². The predicted octanol–water partition coefficient (Wildman–Crippen LogP) is 4.30. The number of hydrogen-bond acceptors (Lipinski definition) is 7. The molecule has 2 aromatic rings. The number of benzene rings is 1. The first kappa shape index (κ1) is 28.0. The lowest BCUT2D eigenvalue weighted by atomic mass is 9.98. The summed E-state index contributed by atoms with van der Waals surface area (Å²) in [7, 11) is -1.95. The van der Waals surface area contributed by atoms with Crippen LogP contribution in [0.4, 0.5) is 10.5 Å². The number of halogens is 1. The second kappa shape index (κ2) is 11.4. The molecule has 1 saturated heterocycles. The summed E-state index contributed by atoms with van der Waals surface area (Å²) in [6.45, 7) is 7.73. The number of rotatable bonds is 7. The van der Waals surface area contributed by atoms with E-state index in [4.69, 9.17) is 16.3 Å². The molecule has 0 aliphatic carbocycles. The number of pyridine rings is 1. The van der Waals surface area contributed by atoms with Gasteiger partial charge in [0.25, 0.3) is 0 Å². The lowest BCUT2D eigenvalue weighted by molar-refractivity contribution is 0.0162. The number of carbonyl (C=O) groups is 1. The summed E-state index contributed by atoms with van der Waals surface area (Å²) in [5.74, 6) is -0.0713. The minimum Gasteiger partial charge on any atom is -0.444 e. The van der Waals surface area contributed by atoms with Crippen LogP contribution in [0, 0.1) is 0 Å². The number of carbonyl (C=O) groups excluding carboxylic acids is 1. The van der Waals surface area contributed by atoms with Crippen molar-refractivity contribution in [3.63, 3.8) is 0 Å². The molecule has 206 valence electrons. The van der Waals surface area contributed by atoms with Crippen LogP contribution in [0.1, 0.15) is 44.7 Å². The number of piperidine rings is 1. The van der Waals surface area contributed by atoms with Crippen LogP contribution in [0.5, 0.6) is 0 Å². The topological polar surface area (TPSA) is 95.1 Å². The number of likely N-dealkylation sites (tertiary alicyclic amines) is 1. The molecule has 9 nitrogen and oxygen atoms in total. The van der Waals surface area contributed by atoms with E-state index < -0.39 is 15.6 Å². The van der Waals surface area contributed by atoms with E-state index in [0.29, 0.717) is 30.5 Å². The third kappa shape index (κ3) is 6.91. The van der Waals surface area contributed by atoms with Gasteiger partial charge in [0.15, 0.2) is 0 Å². The monoisotopic (exact) mass is 561 g/mol. The van der Waals surface area contributed by atoms with Crippen LogP contribution < -0.4 is 9.62 Å². The molecule has 0 saturated carbocycles. The summed E-state index contributed by atoms with van der Waals surface area (Å²) in [4.78, 5) is 20.7. The molecule has 3 heterocycles. The van der Waals surface area contributed by atoms with E-state index in [1.165, 1.54) is 4.31 Å². The number of ether oxygens (including phenoxy) is 1. The Balaban J connectivity index is 1.43. The average molecular weight is 562 g/mol. The van der Waals surface area contributed by atoms with Crippen molar-refractivity contribution in [2.24, 2.45) is 0 Å². The summed E-state index contributed by atoms with van der Waals surface area (Å²) in [6.07, 6.45) is 5.14. The van der Waals surface area contributed by atoms with Gasteiger partial charge in [0.1, 0.15) is 10.8 Å². The minimum absolute atomic E-state index is 0.0713. The van der Waals surface area contributed by atoms with Crippen LogP contribution in [-0.2, 0) is 21.3 Å². The Hall–Kier alpha value is -2.98. The molecule has 1 amide bonds. The van der Waals surface area contributed by atoms with Gasteiger partial charge in [0.05, 0.1) is 17.1 Å². The van der Waals surface area contributed by atoms with E-state index in [1.807, 2.05) is 51.2 Å². The number of nitrogens with zero attached hydrogens (tertiary/aromatic N) is 4. The Morgan fingerprint density at radius 1 is 1.21 bits per heavy atom. The van der Waals surface area contributed by atoms with E-state index in [-0.39, 0.29) is 24.4 Å². The lowest BCUT2D eigenvalue weighted by Gasteiger charge is -2.40. The zero-order valence-electron chi connectivity index (χ0n) is 22.4. The first-order valence-electron chi connectivity index (χ1n) is 12.8. The molecule has 4 rings (SSSR count). The van der Waals surface area contributed by atoms with E-state index >= 15 is 0 Å². The molecule has 1 fully saturated rings. The smallest absolute Gasteiger partial charge is 0.410 e. The Labute approximate surface area is 230 Å². The number of nitrogens with one attached hydrogen (secondary N) is 1. The SMILES string of the molecule is CN(c1ccccc1)S(=O)(=O)CCNC1=CN(C2CCN(C(=O)OC(C)(C)C)CC2)Cc2cnc(Cl)cc21. The van der Waals surface area contributed by atoms with Crippen molar-refractivity contribution in [2.45, 2.75) is 51.8 Å². The van der Waals surface area contributed by atoms with Crippen molar-refractivity contribution in [1.29, 1.82) is 0 Å². The number of sulfonamides is 1. The number of amides is 1. The van der Waals surface area contributed by atoms with Gasteiger partial charge in [0, 0.05) is 57.2 Å². The highest BCUT2D eigenvalue weighted by molar-refractivity contribution is 7.92. The lowest BCUT2D eigenvalue weighted by Crippen LogP contribution is -2.47.